The second-order valence-corrected chi connectivity index (χ2v) is 9.45. The molecule has 4 aromatic rings. The maximum absolute atomic E-state index is 12.8. The van der Waals surface area contributed by atoms with E-state index in [0.29, 0.717) is 16.7 Å². The first-order valence-corrected chi connectivity index (χ1v) is 12.4. The highest BCUT2D eigenvalue weighted by molar-refractivity contribution is 7.80. The maximum Gasteiger partial charge on any atom is 0.226 e. The summed E-state index contributed by atoms with van der Waals surface area (Å²) in [4.78, 5) is 23.9. The Bertz CT molecular complexity index is 1360. The van der Waals surface area contributed by atoms with Crippen LogP contribution in [-0.2, 0) is 4.79 Å². The Hall–Kier alpha value is -3.75. The number of nitrogens with one attached hydrogen (secondary N) is 2. The first-order chi connectivity index (χ1) is 17.5. The number of amides is 1. The fourth-order valence-electron chi connectivity index (χ4n) is 4.40. The lowest BCUT2D eigenvalue weighted by atomic mass is 10.0. The quantitative estimate of drug-likeness (QED) is 0.328. The number of carbonyl (C=O) groups excluding carboxylic acids is 1. The molecule has 0 unspecified atom stereocenters. The monoisotopic (exact) mass is 516 g/mol. The third-order valence-electron chi connectivity index (χ3n) is 6.15. The lowest BCUT2D eigenvalue weighted by Crippen LogP contribution is -2.33. The van der Waals surface area contributed by atoms with Crippen molar-refractivity contribution in [2.75, 3.05) is 11.9 Å². The van der Waals surface area contributed by atoms with E-state index in [-0.39, 0.29) is 24.4 Å². The molecule has 5 rings (SSSR count). The summed E-state index contributed by atoms with van der Waals surface area (Å²) in [7, 11) is 0. The van der Waals surface area contributed by atoms with E-state index in [9.17, 15) is 4.79 Å². The zero-order valence-corrected chi connectivity index (χ0v) is 21.2. The number of aryl methyl sites for hydroxylation is 1. The van der Waals surface area contributed by atoms with Crippen LogP contribution in [0.15, 0.2) is 85.3 Å². The number of nitrogens with zero attached hydrogens (tertiary/aromatic N) is 4. The molecule has 1 amide bonds. The molecule has 36 heavy (non-hydrogen) atoms. The van der Waals surface area contributed by atoms with Crippen molar-refractivity contribution in [3.63, 3.8) is 0 Å². The molecule has 4 heterocycles. The second-order valence-electron chi connectivity index (χ2n) is 8.62. The molecule has 9 heteroatoms. The average Bonchev–Trinajstić information content (AvgIpc) is 3.49. The Morgan fingerprint density at radius 2 is 1.92 bits per heavy atom. The minimum Gasteiger partial charge on any atom is -0.352 e. The van der Waals surface area contributed by atoms with E-state index in [4.69, 9.17) is 23.8 Å². The van der Waals surface area contributed by atoms with Crippen molar-refractivity contribution in [3.05, 3.63) is 107 Å². The Labute approximate surface area is 220 Å². The summed E-state index contributed by atoms with van der Waals surface area (Å²) in [6, 6.07) is 20.9. The van der Waals surface area contributed by atoms with E-state index < -0.39 is 0 Å². The lowest BCUT2D eigenvalue weighted by Gasteiger charge is -2.28. The van der Waals surface area contributed by atoms with Crippen LogP contribution >= 0.6 is 23.8 Å². The van der Waals surface area contributed by atoms with Gasteiger partial charge in [-0.1, -0.05) is 35.4 Å². The molecule has 1 aliphatic rings. The largest absolute Gasteiger partial charge is 0.352 e. The minimum absolute atomic E-state index is 0.0727. The van der Waals surface area contributed by atoms with Crippen LogP contribution in [0.4, 0.5) is 5.69 Å². The number of carbonyl (C=O) groups is 1. The predicted molar refractivity (Wildman–Crippen MR) is 145 cm³/mol. The van der Waals surface area contributed by atoms with E-state index in [2.05, 4.69) is 25.5 Å². The van der Waals surface area contributed by atoms with Crippen LogP contribution in [0.25, 0.3) is 5.82 Å². The molecule has 0 radical (unpaired) electrons. The first kappa shape index (κ1) is 24.0. The SMILES string of the molecule is Cc1ccc(NC(=O)CCN2C(=S)N[C@H](c3ccccn3)[C@H]2c2cccn2-c2ccc(Cl)cn2)cc1. The van der Waals surface area contributed by atoms with E-state index >= 15 is 0 Å². The van der Waals surface area contributed by atoms with Crippen LogP contribution < -0.4 is 10.6 Å². The van der Waals surface area contributed by atoms with Crippen molar-refractivity contribution in [2.24, 2.45) is 0 Å². The van der Waals surface area contributed by atoms with Gasteiger partial charge in [0.1, 0.15) is 5.82 Å². The third kappa shape index (κ3) is 5.10. The number of aromatic nitrogens is 3. The first-order valence-electron chi connectivity index (χ1n) is 11.6. The summed E-state index contributed by atoms with van der Waals surface area (Å²) in [6.07, 6.45) is 5.64. The van der Waals surface area contributed by atoms with Crippen LogP contribution in [0.5, 0.6) is 0 Å². The predicted octanol–water partition coefficient (Wildman–Crippen LogP) is 5.23. The van der Waals surface area contributed by atoms with Gasteiger partial charge in [-0.05, 0) is 67.7 Å². The number of rotatable bonds is 7. The van der Waals surface area contributed by atoms with E-state index in [1.165, 1.54) is 0 Å². The zero-order chi connectivity index (χ0) is 25.1. The summed E-state index contributed by atoms with van der Waals surface area (Å²) in [5.74, 6) is 0.672. The number of hydrogen-bond donors (Lipinski definition) is 2. The van der Waals surface area contributed by atoms with Crippen molar-refractivity contribution in [3.8, 4) is 5.82 Å². The van der Waals surface area contributed by atoms with Crippen molar-refractivity contribution < 1.29 is 4.79 Å². The topological polar surface area (TPSA) is 75.1 Å². The molecule has 1 fully saturated rings. The number of pyridine rings is 2. The molecule has 1 saturated heterocycles. The molecule has 182 valence electrons. The van der Waals surface area contributed by atoms with Crippen LogP contribution in [0.3, 0.4) is 0 Å². The van der Waals surface area contributed by atoms with Gasteiger partial charge in [0.25, 0.3) is 0 Å². The highest BCUT2D eigenvalue weighted by atomic mass is 35.5. The highest BCUT2D eigenvalue weighted by Gasteiger charge is 2.41. The second kappa shape index (κ2) is 10.5. The standard InChI is InChI=1S/C27H25ClN6OS/c1-18-7-10-20(11-8-18)31-24(35)13-16-34-26(25(32-27(34)36)21-5-2-3-14-29-21)22-6-4-15-33(22)23-12-9-19(28)17-30-23/h2-12,14-15,17,25-26H,13,16H2,1H3,(H,31,35)(H,32,36)/t25-,26-/m1/s1. The fraction of sp³-hybridized carbons (Fsp3) is 0.185. The Morgan fingerprint density at radius 3 is 2.64 bits per heavy atom. The van der Waals surface area contributed by atoms with Gasteiger partial charge in [-0.2, -0.15) is 0 Å². The molecular weight excluding hydrogens is 492 g/mol. The van der Waals surface area contributed by atoms with Gasteiger partial charge in [0.2, 0.25) is 5.91 Å². The van der Waals surface area contributed by atoms with Crippen molar-refractivity contribution in [2.45, 2.75) is 25.4 Å². The molecule has 3 aromatic heterocycles. The average molecular weight is 517 g/mol. The van der Waals surface area contributed by atoms with Gasteiger partial charge >= 0.3 is 0 Å². The van der Waals surface area contributed by atoms with Gasteiger partial charge < -0.3 is 20.1 Å². The van der Waals surface area contributed by atoms with Crippen LogP contribution in [0, 0.1) is 6.92 Å². The van der Waals surface area contributed by atoms with Crippen LogP contribution in [-0.4, -0.2) is 37.0 Å². The number of thiocarbonyl (C=S) groups is 1. The molecule has 2 N–H and O–H groups in total. The lowest BCUT2D eigenvalue weighted by molar-refractivity contribution is -0.116. The number of anilines is 1. The number of hydrogen-bond acceptors (Lipinski definition) is 4. The summed E-state index contributed by atoms with van der Waals surface area (Å²) in [5, 5.41) is 7.56. The molecule has 7 nitrogen and oxygen atoms in total. The molecule has 0 aliphatic carbocycles. The van der Waals surface area contributed by atoms with Crippen LogP contribution in [0.2, 0.25) is 5.02 Å². The zero-order valence-electron chi connectivity index (χ0n) is 19.6. The molecule has 0 spiro atoms. The van der Waals surface area contributed by atoms with Gasteiger partial charge in [0, 0.05) is 42.9 Å². The van der Waals surface area contributed by atoms with E-state index in [1.54, 1.807) is 12.4 Å². The number of halogens is 1. The summed E-state index contributed by atoms with van der Waals surface area (Å²) < 4.78 is 2.02. The van der Waals surface area contributed by atoms with Gasteiger partial charge in [-0.3, -0.25) is 9.78 Å². The minimum atomic E-state index is -0.202. The molecule has 1 aliphatic heterocycles. The Kier molecular flexibility index (Phi) is 6.97. The third-order valence-corrected chi connectivity index (χ3v) is 6.73. The summed E-state index contributed by atoms with van der Waals surface area (Å²) in [6.45, 7) is 2.46. The van der Waals surface area contributed by atoms with Crippen molar-refractivity contribution >= 4 is 40.5 Å². The Morgan fingerprint density at radius 1 is 1.08 bits per heavy atom. The van der Waals surface area contributed by atoms with E-state index in [0.717, 1.165) is 28.5 Å². The number of benzene rings is 1. The molecular formula is C27H25ClN6OS. The Balaban J connectivity index is 1.43. The molecule has 1 aromatic carbocycles. The van der Waals surface area contributed by atoms with Crippen molar-refractivity contribution in [1.82, 2.24) is 24.8 Å². The van der Waals surface area contributed by atoms with Gasteiger partial charge in [-0.15, -0.1) is 0 Å². The fourth-order valence-corrected chi connectivity index (χ4v) is 4.85. The summed E-state index contributed by atoms with van der Waals surface area (Å²) >= 11 is 11.8. The van der Waals surface area contributed by atoms with Crippen LogP contribution in [0.1, 0.15) is 35.5 Å². The van der Waals surface area contributed by atoms with Gasteiger partial charge in [-0.25, -0.2) is 4.98 Å². The molecule has 0 saturated carbocycles. The summed E-state index contributed by atoms with van der Waals surface area (Å²) in [5.41, 5.74) is 3.77. The highest BCUT2D eigenvalue weighted by Crippen LogP contribution is 2.39. The van der Waals surface area contributed by atoms with Crippen molar-refractivity contribution in [1.29, 1.82) is 0 Å². The van der Waals surface area contributed by atoms with E-state index in [1.807, 2.05) is 84.4 Å². The maximum atomic E-state index is 12.8. The van der Waals surface area contributed by atoms with Gasteiger partial charge in [0.15, 0.2) is 5.11 Å². The normalized spacial score (nSPS) is 17.2. The van der Waals surface area contributed by atoms with Gasteiger partial charge in [0.05, 0.1) is 22.8 Å². The molecule has 2 atom stereocenters. The smallest absolute Gasteiger partial charge is 0.226 e. The molecule has 0 bridgehead atoms.